The summed E-state index contributed by atoms with van der Waals surface area (Å²) in [5, 5.41) is 3.03. The van der Waals surface area contributed by atoms with E-state index < -0.39 is 0 Å². The molecule has 0 saturated heterocycles. The molecule has 3 heteroatoms. The summed E-state index contributed by atoms with van der Waals surface area (Å²) in [7, 11) is 0. The van der Waals surface area contributed by atoms with Gasteiger partial charge in [0.15, 0.2) is 0 Å². The van der Waals surface area contributed by atoms with Crippen LogP contribution in [0, 0.1) is 12.8 Å². The SMILES string of the molecule is Cc1ccccc1C(C(=O)NCC(C)C)c1ccccn1. The van der Waals surface area contributed by atoms with Gasteiger partial charge in [-0.25, -0.2) is 0 Å². The van der Waals surface area contributed by atoms with E-state index in [1.807, 2.05) is 49.4 Å². The van der Waals surface area contributed by atoms with Crippen molar-refractivity contribution >= 4 is 5.91 Å². The van der Waals surface area contributed by atoms with E-state index in [-0.39, 0.29) is 11.8 Å². The van der Waals surface area contributed by atoms with Crippen LogP contribution in [-0.2, 0) is 4.79 Å². The standard InChI is InChI=1S/C18H22N2O/c1-13(2)12-20-18(21)17(16-10-6-7-11-19-16)15-9-5-4-8-14(15)3/h4-11,13,17H,12H2,1-3H3,(H,20,21). The highest BCUT2D eigenvalue weighted by Crippen LogP contribution is 2.26. The lowest BCUT2D eigenvalue weighted by molar-refractivity contribution is -0.121. The molecule has 0 aliphatic rings. The molecule has 1 atom stereocenters. The van der Waals surface area contributed by atoms with Gasteiger partial charge in [0.05, 0.1) is 5.69 Å². The molecule has 1 aromatic carbocycles. The van der Waals surface area contributed by atoms with Crippen molar-refractivity contribution in [2.45, 2.75) is 26.7 Å². The van der Waals surface area contributed by atoms with Gasteiger partial charge in [-0.05, 0) is 36.1 Å². The summed E-state index contributed by atoms with van der Waals surface area (Å²) in [5.41, 5.74) is 2.90. The minimum Gasteiger partial charge on any atom is -0.355 e. The van der Waals surface area contributed by atoms with Crippen LogP contribution in [0.4, 0.5) is 0 Å². The first-order chi connectivity index (χ1) is 10.1. The quantitative estimate of drug-likeness (QED) is 0.914. The summed E-state index contributed by atoms with van der Waals surface area (Å²) in [4.78, 5) is 17.0. The third-order valence-corrected chi connectivity index (χ3v) is 3.43. The van der Waals surface area contributed by atoms with Gasteiger partial charge >= 0.3 is 0 Å². The minimum absolute atomic E-state index is 0.0108. The molecule has 1 heterocycles. The van der Waals surface area contributed by atoms with Gasteiger partial charge in [0, 0.05) is 12.7 Å². The number of amides is 1. The van der Waals surface area contributed by atoms with Crippen LogP contribution in [0.1, 0.15) is 36.6 Å². The fraction of sp³-hybridized carbons (Fsp3) is 0.333. The number of carbonyl (C=O) groups is 1. The predicted molar refractivity (Wildman–Crippen MR) is 85.1 cm³/mol. The number of pyridine rings is 1. The van der Waals surface area contributed by atoms with E-state index in [4.69, 9.17) is 0 Å². The van der Waals surface area contributed by atoms with Gasteiger partial charge in [-0.15, -0.1) is 0 Å². The number of benzene rings is 1. The molecular weight excluding hydrogens is 260 g/mol. The Bertz CT molecular complexity index is 593. The lowest BCUT2D eigenvalue weighted by atomic mass is 9.90. The maximum Gasteiger partial charge on any atom is 0.233 e. The molecule has 0 bridgehead atoms. The first kappa shape index (κ1) is 15.2. The van der Waals surface area contributed by atoms with E-state index in [2.05, 4.69) is 24.1 Å². The van der Waals surface area contributed by atoms with Crippen LogP contribution in [0.15, 0.2) is 48.7 Å². The molecular formula is C18H22N2O. The monoisotopic (exact) mass is 282 g/mol. The fourth-order valence-corrected chi connectivity index (χ4v) is 2.30. The first-order valence-corrected chi connectivity index (χ1v) is 7.33. The molecule has 1 amide bonds. The van der Waals surface area contributed by atoms with Gasteiger partial charge in [-0.3, -0.25) is 9.78 Å². The number of aromatic nitrogens is 1. The number of hydrogen-bond acceptors (Lipinski definition) is 2. The summed E-state index contributed by atoms with van der Waals surface area (Å²) >= 11 is 0. The molecule has 0 spiro atoms. The van der Waals surface area contributed by atoms with E-state index >= 15 is 0 Å². The maximum atomic E-state index is 12.6. The molecule has 2 aromatic rings. The minimum atomic E-state index is -0.355. The highest BCUT2D eigenvalue weighted by atomic mass is 16.1. The number of nitrogens with one attached hydrogen (secondary N) is 1. The van der Waals surface area contributed by atoms with Crippen LogP contribution in [0.5, 0.6) is 0 Å². The van der Waals surface area contributed by atoms with Crippen molar-refractivity contribution in [1.29, 1.82) is 0 Å². The van der Waals surface area contributed by atoms with Gasteiger partial charge < -0.3 is 5.32 Å². The number of hydrogen-bond donors (Lipinski definition) is 1. The third-order valence-electron chi connectivity index (χ3n) is 3.43. The van der Waals surface area contributed by atoms with Gasteiger partial charge in [0.25, 0.3) is 0 Å². The average molecular weight is 282 g/mol. The third kappa shape index (κ3) is 3.91. The Morgan fingerprint density at radius 1 is 1.14 bits per heavy atom. The number of nitrogens with zero attached hydrogens (tertiary/aromatic N) is 1. The second-order valence-electron chi connectivity index (χ2n) is 5.68. The highest BCUT2D eigenvalue weighted by Gasteiger charge is 2.25. The van der Waals surface area contributed by atoms with Crippen LogP contribution in [-0.4, -0.2) is 17.4 Å². The van der Waals surface area contributed by atoms with E-state index in [0.717, 1.165) is 16.8 Å². The van der Waals surface area contributed by atoms with Crippen LogP contribution in [0.3, 0.4) is 0 Å². The van der Waals surface area contributed by atoms with Gasteiger partial charge in [-0.1, -0.05) is 44.2 Å². The van der Waals surface area contributed by atoms with E-state index in [1.165, 1.54) is 0 Å². The molecule has 3 nitrogen and oxygen atoms in total. The molecule has 21 heavy (non-hydrogen) atoms. The van der Waals surface area contributed by atoms with Crippen molar-refractivity contribution in [1.82, 2.24) is 10.3 Å². The van der Waals surface area contributed by atoms with Crippen LogP contribution in [0.25, 0.3) is 0 Å². The zero-order chi connectivity index (χ0) is 15.2. The normalized spacial score (nSPS) is 12.2. The van der Waals surface area contributed by atoms with Gasteiger partial charge in [0.1, 0.15) is 5.92 Å². The topological polar surface area (TPSA) is 42.0 Å². The number of aryl methyl sites for hydroxylation is 1. The summed E-state index contributed by atoms with van der Waals surface area (Å²) in [5.74, 6) is 0.0815. The fourth-order valence-electron chi connectivity index (χ4n) is 2.30. The van der Waals surface area contributed by atoms with Crippen LogP contribution in [0.2, 0.25) is 0 Å². The van der Waals surface area contributed by atoms with Crippen molar-refractivity contribution in [2.24, 2.45) is 5.92 Å². The van der Waals surface area contributed by atoms with Gasteiger partial charge in [-0.2, -0.15) is 0 Å². The van der Waals surface area contributed by atoms with Crippen molar-refractivity contribution in [3.63, 3.8) is 0 Å². The van der Waals surface area contributed by atoms with E-state index in [9.17, 15) is 4.79 Å². The van der Waals surface area contributed by atoms with E-state index in [1.54, 1.807) is 6.20 Å². The predicted octanol–water partition coefficient (Wildman–Crippen LogP) is 3.29. The van der Waals surface area contributed by atoms with Crippen molar-refractivity contribution in [2.75, 3.05) is 6.54 Å². The summed E-state index contributed by atoms with van der Waals surface area (Å²) in [6.07, 6.45) is 1.73. The molecule has 0 radical (unpaired) electrons. The smallest absolute Gasteiger partial charge is 0.233 e. The Kier molecular flexibility index (Phi) is 5.09. The zero-order valence-corrected chi connectivity index (χ0v) is 12.8. The van der Waals surface area contributed by atoms with Gasteiger partial charge in [0.2, 0.25) is 5.91 Å². The Hall–Kier alpha value is -2.16. The Morgan fingerprint density at radius 3 is 2.48 bits per heavy atom. The van der Waals surface area contributed by atoms with Crippen molar-refractivity contribution < 1.29 is 4.79 Å². The largest absolute Gasteiger partial charge is 0.355 e. The Balaban J connectivity index is 2.36. The van der Waals surface area contributed by atoms with Crippen LogP contribution < -0.4 is 5.32 Å². The Labute approximate surface area is 126 Å². The first-order valence-electron chi connectivity index (χ1n) is 7.33. The van der Waals surface area contributed by atoms with Crippen molar-refractivity contribution in [3.8, 4) is 0 Å². The molecule has 2 rings (SSSR count). The second-order valence-corrected chi connectivity index (χ2v) is 5.68. The lowest BCUT2D eigenvalue weighted by Crippen LogP contribution is -2.33. The summed E-state index contributed by atoms with van der Waals surface area (Å²) in [6.45, 7) is 6.88. The summed E-state index contributed by atoms with van der Waals surface area (Å²) < 4.78 is 0. The average Bonchev–Trinajstić information content (AvgIpc) is 2.48. The molecule has 0 aliphatic carbocycles. The molecule has 1 unspecified atom stereocenters. The highest BCUT2D eigenvalue weighted by molar-refractivity contribution is 5.87. The molecule has 0 saturated carbocycles. The molecule has 1 N–H and O–H groups in total. The molecule has 110 valence electrons. The molecule has 1 aromatic heterocycles. The number of carbonyl (C=O) groups excluding carboxylic acids is 1. The lowest BCUT2D eigenvalue weighted by Gasteiger charge is -2.19. The molecule has 0 fully saturated rings. The van der Waals surface area contributed by atoms with Crippen LogP contribution >= 0.6 is 0 Å². The summed E-state index contributed by atoms with van der Waals surface area (Å²) in [6, 6.07) is 13.7. The maximum absolute atomic E-state index is 12.6. The zero-order valence-electron chi connectivity index (χ0n) is 12.8. The van der Waals surface area contributed by atoms with E-state index in [0.29, 0.717) is 12.5 Å². The Morgan fingerprint density at radius 2 is 1.86 bits per heavy atom. The second kappa shape index (κ2) is 7.02. The molecule has 0 aliphatic heterocycles. The van der Waals surface area contributed by atoms with Crippen molar-refractivity contribution in [3.05, 3.63) is 65.5 Å². The number of rotatable bonds is 5.